The molecule has 21 heavy (non-hydrogen) atoms. The van der Waals surface area contributed by atoms with Crippen LogP contribution in [0.25, 0.3) is 0 Å². The SMILES string of the molecule is COc1ccc(C#CCO)cc1S(=O)(=O)NCC(C)(C)C. The van der Waals surface area contributed by atoms with Gasteiger partial charge < -0.3 is 9.84 Å². The lowest BCUT2D eigenvalue weighted by Crippen LogP contribution is -2.32. The zero-order valence-electron chi connectivity index (χ0n) is 12.7. The molecule has 1 rings (SSSR count). The van der Waals surface area contributed by atoms with Crippen molar-refractivity contribution in [2.75, 3.05) is 20.3 Å². The Kier molecular flexibility index (Phi) is 5.78. The summed E-state index contributed by atoms with van der Waals surface area (Å²) in [7, 11) is -2.28. The maximum Gasteiger partial charge on any atom is 0.244 e. The second kappa shape index (κ2) is 6.94. The molecule has 0 bridgehead atoms. The molecule has 6 heteroatoms. The number of hydrogen-bond donors (Lipinski definition) is 2. The number of ether oxygens (including phenoxy) is 1. The van der Waals surface area contributed by atoms with Crippen molar-refractivity contribution >= 4 is 10.0 Å². The van der Waals surface area contributed by atoms with E-state index in [2.05, 4.69) is 16.6 Å². The molecule has 0 atom stereocenters. The maximum absolute atomic E-state index is 12.4. The Morgan fingerprint density at radius 1 is 1.33 bits per heavy atom. The Bertz CT molecular complexity index is 648. The van der Waals surface area contributed by atoms with Gasteiger partial charge in [-0.1, -0.05) is 32.6 Å². The van der Waals surface area contributed by atoms with E-state index in [0.717, 1.165) is 0 Å². The minimum atomic E-state index is -3.69. The molecule has 0 saturated carbocycles. The first-order chi connectivity index (χ1) is 9.69. The van der Waals surface area contributed by atoms with Gasteiger partial charge in [-0.2, -0.15) is 0 Å². The zero-order chi connectivity index (χ0) is 16.1. The summed E-state index contributed by atoms with van der Waals surface area (Å²) in [6.45, 7) is 5.85. The molecule has 0 fully saturated rings. The summed E-state index contributed by atoms with van der Waals surface area (Å²) in [6, 6.07) is 4.63. The number of methoxy groups -OCH3 is 1. The number of rotatable bonds is 4. The lowest BCUT2D eigenvalue weighted by Gasteiger charge is -2.19. The highest BCUT2D eigenvalue weighted by Gasteiger charge is 2.22. The molecule has 116 valence electrons. The molecule has 2 N–H and O–H groups in total. The lowest BCUT2D eigenvalue weighted by atomic mass is 9.98. The van der Waals surface area contributed by atoms with Gasteiger partial charge in [0.05, 0.1) is 7.11 Å². The van der Waals surface area contributed by atoms with Gasteiger partial charge >= 0.3 is 0 Å². The Labute approximate surface area is 126 Å². The summed E-state index contributed by atoms with van der Waals surface area (Å²) < 4.78 is 32.5. The van der Waals surface area contributed by atoms with Crippen molar-refractivity contribution in [3.8, 4) is 17.6 Å². The summed E-state index contributed by atoms with van der Waals surface area (Å²) >= 11 is 0. The van der Waals surface area contributed by atoms with E-state index in [1.54, 1.807) is 12.1 Å². The maximum atomic E-state index is 12.4. The van der Waals surface area contributed by atoms with Crippen LogP contribution in [0.5, 0.6) is 5.75 Å². The summed E-state index contributed by atoms with van der Waals surface area (Å²) in [5, 5.41) is 8.70. The van der Waals surface area contributed by atoms with Crippen LogP contribution in [0.3, 0.4) is 0 Å². The molecule has 0 unspecified atom stereocenters. The van der Waals surface area contributed by atoms with Gasteiger partial charge in [0.15, 0.2) is 0 Å². The molecule has 0 spiro atoms. The van der Waals surface area contributed by atoms with Crippen molar-refractivity contribution in [1.29, 1.82) is 0 Å². The number of benzene rings is 1. The van der Waals surface area contributed by atoms with Gasteiger partial charge in [0.25, 0.3) is 0 Å². The van der Waals surface area contributed by atoms with E-state index >= 15 is 0 Å². The first kappa shape index (κ1) is 17.5. The predicted octanol–water partition coefficient (Wildman–Crippen LogP) is 1.36. The van der Waals surface area contributed by atoms with E-state index in [4.69, 9.17) is 9.84 Å². The van der Waals surface area contributed by atoms with Crippen molar-refractivity contribution in [1.82, 2.24) is 4.72 Å². The summed E-state index contributed by atoms with van der Waals surface area (Å²) in [5.74, 6) is 5.42. The van der Waals surface area contributed by atoms with E-state index in [1.807, 2.05) is 20.8 Å². The normalized spacial score (nSPS) is 11.7. The van der Waals surface area contributed by atoms with Crippen LogP contribution in [0, 0.1) is 17.3 Å². The van der Waals surface area contributed by atoms with E-state index in [9.17, 15) is 8.42 Å². The molecule has 0 aliphatic carbocycles. The Morgan fingerprint density at radius 2 is 2.00 bits per heavy atom. The fraction of sp³-hybridized carbons (Fsp3) is 0.467. The smallest absolute Gasteiger partial charge is 0.244 e. The number of hydrogen-bond acceptors (Lipinski definition) is 4. The molecule has 0 aliphatic rings. The van der Waals surface area contributed by atoms with E-state index in [-0.39, 0.29) is 22.7 Å². The second-order valence-corrected chi connectivity index (χ2v) is 7.45. The van der Waals surface area contributed by atoms with Gasteiger partial charge in [0.2, 0.25) is 10.0 Å². The van der Waals surface area contributed by atoms with Crippen molar-refractivity contribution in [2.24, 2.45) is 5.41 Å². The quantitative estimate of drug-likeness (QED) is 0.823. The van der Waals surface area contributed by atoms with Gasteiger partial charge in [0, 0.05) is 12.1 Å². The largest absolute Gasteiger partial charge is 0.495 e. The minimum absolute atomic E-state index is 0.0407. The summed E-state index contributed by atoms with van der Waals surface area (Å²) in [4.78, 5) is 0.0407. The van der Waals surface area contributed by atoms with E-state index < -0.39 is 10.0 Å². The fourth-order valence-corrected chi connectivity index (χ4v) is 2.97. The van der Waals surface area contributed by atoms with Crippen LogP contribution in [0.15, 0.2) is 23.1 Å². The lowest BCUT2D eigenvalue weighted by molar-refractivity contribution is 0.350. The van der Waals surface area contributed by atoms with Gasteiger partial charge in [-0.25, -0.2) is 13.1 Å². The minimum Gasteiger partial charge on any atom is -0.495 e. The van der Waals surface area contributed by atoms with E-state index in [0.29, 0.717) is 12.1 Å². The molecule has 1 aromatic carbocycles. The van der Waals surface area contributed by atoms with Gasteiger partial charge in [-0.05, 0) is 23.6 Å². The predicted molar refractivity (Wildman–Crippen MR) is 81.6 cm³/mol. The molecule has 0 aromatic heterocycles. The molecule has 5 nitrogen and oxygen atoms in total. The van der Waals surface area contributed by atoms with Crippen LogP contribution in [-0.4, -0.2) is 33.8 Å². The highest BCUT2D eigenvalue weighted by molar-refractivity contribution is 7.89. The van der Waals surface area contributed by atoms with Crippen LogP contribution in [0.1, 0.15) is 26.3 Å². The molecule has 1 aromatic rings. The molecular weight excluding hydrogens is 290 g/mol. The number of sulfonamides is 1. The van der Waals surface area contributed by atoms with Crippen molar-refractivity contribution in [2.45, 2.75) is 25.7 Å². The number of aliphatic hydroxyl groups is 1. The third kappa shape index (κ3) is 5.38. The highest BCUT2D eigenvalue weighted by Crippen LogP contribution is 2.25. The number of nitrogens with one attached hydrogen (secondary N) is 1. The summed E-state index contributed by atoms with van der Waals surface area (Å²) in [5.41, 5.74) is 0.329. The fourth-order valence-electron chi connectivity index (χ4n) is 1.50. The third-order valence-corrected chi connectivity index (χ3v) is 3.98. The Hall–Kier alpha value is -1.55. The summed E-state index contributed by atoms with van der Waals surface area (Å²) in [6.07, 6.45) is 0. The van der Waals surface area contributed by atoms with Crippen LogP contribution >= 0.6 is 0 Å². The molecular formula is C15H21NO4S. The van der Waals surface area contributed by atoms with Crippen molar-refractivity contribution in [3.63, 3.8) is 0 Å². The average Bonchev–Trinajstić information content (AvgIpc) is 2.42. The standard InChI is InChI=1S/C15H21NO4S/c1-15(2,3)11-16-21(18,19)14-10-12(6-5-9-17)7-8-13(14)20-4/h7-8,10,16-17H,9,11H2,1-4H3. The molecule has 0 radical (unpaired) electrons. The van der Waals surface area contributed by atoms with Crippen LogP contribution < -0.4 is 9.46 Å². The molecule has 0 aliphatic heterocycles. The zero-order valence-corrected chi connectivity index (χ0v) is 13.5. The van der Waals surface area contributed by atoms with Crippen LogP contribution in [-0.2, 0) is 10.0 Å². The van der Waals surface area contributed by atoms with E-state index in [1.165, 1.54) is 13.2 Å². The van der Waals surface area contributed by atoms with Gasteiger partial charge in [-0.3, -0.25) is 0 Å². The van der Waals surface area contributed by atoms with Gasteiger partial charge in [-0.15, -0.1) is 0 Å². The first-order valence-corrected chi connectivity index (χ1v) is 7.95. The topological polar surface area (TPSA) is 75.6 Å². The number of aliphatic hydroxyl groups excluding tert-OH is 1. The van der Waals surface area contributed by atoms with Gasteiger partial charge in [0.1, 0.15) is 17.3 Å². The van der Waals surface area contributed by atoms with Crippen molar-refractivity contribution < 1.29 is 18.3 Å². The van der Waals surface area contributed by atoms with Crippen molar-refractivity contribution in [3.05, 3.63) is 23.8 Å². The molecule has 0 amide bonds. The Morgan fingerprint density at radius 3 is 2.52 bits per heavy atom. The molecule has 0 heterocycles. The highest BCUT2D eigenvalue weighted by atomic mass is 32.2. The Balaban J connectivity index is 3.19. The van der Waals surface area contributed by atoms with Crippen LogP contribution in [0.2, 0.25) is 0 Å². The second-order valence-electron chi connectivity index (χ2n) is 5.71. The first-order valence-electron chi connectivity index (χ1n) is 6.47. The molecule has 0 saturated heterocycles. The monoisotopic (exact) mass is 311 g/mol. The average molecular weight is 311 g/mol. The third-order valence-electron chi connectivity index (χ3n) is 2.56. The van der Waals surface area contributed by atoms with Crippen LogP contribution in [0.4, 0.5) is 0 Å².